The number of fused-ring (bicyclic) bond motifs is 4. The Balaban J connectivity index is 0.593. The third-order valence-corrected chi connectivity index (χ3v) is 31.1. The van der Waals surface area contributed by atoms with Crippen molar-refractivity contribution in [2.24, 2.45) is 0 Å². The van der Waals surface area contributed by atoms with Crippen molar-refractivity contribution in [2.75, 3.05) is 98.1 Å². The van der Waals surface area contributed by atoms with E-state index in [1.54, 1.807) is 6.92 Å². The van der Waals surface area contributed by atoms with Crippen molar-refractivity contribution in [1.29, 1.82) is 0 Å². The molecular weight excluding hydrogens is 2120 g/mol. The highest BCUT2D eigenvalue weighted by Gasteiger charge is 2.60. The molecule has 34 atom stereocenters. The number of anilines is 4. The number of alkyl halides is 2. The van der Waals surface area contributed by atoms with E-state index < -0.39 is 313 Å². The SMILES string of the molecule is CC[C@H]1O[C@@H](n2cnc3c(N)ncnc32)[C@@H](OC)C1OP(=O)(O)OC[C@H]1O[C@@H](n2ccc(=O)[nH]c2=O)[C@@H](F)C1OP(=O)(O)OC[C@H]1O[C@@H](n2cnc3c(=O)[nH]c(N)nc32)[C@@H](OC)C1OP(=O)(O)OC[C@H]1O[C@@H](n2cnc3c(=O)[nH]c(=O)[nH]c32)[C@@H](F)C1OP(=O)(O)OC[C@H]1O[C@@H](C)[C@@H](OC)C1OP(O)(=S)OC[C@H]1O[C@@H](n2cnc3c(N)ncnc32)[C@@H](OC)C1OP(=O)(S)OC[C@H]1O[C@@H](n2ccc(N)nc2=O)[C@@H](OC)C1O. The van der Waals surface area contributed by atoms with Crippen LogP contribution >= 0.6 is 57.1 Å². The predicted molar refractivity (Wildman–Crippen MR) is 482 cm³/mol. The Morgan fingerprint density at radius 2 is 0.834 bits per heavy atom. The maximum atomic E-state index is 17.7. The van der Waals surface area contributed by atoms with Crippen LogP contribution in [0.4, 0.5) is 32.2 Å². The van der Waals surface area contributed by atoms with E-state index in [0.29, 0.717) is 4.57 Å². The number of nitrogens with one attached hydrogen (secondary N) is 4. The second-order valence-electron chi connectivity index (χ2n) is 32.8. The Hall–Kier alpha value is -8.83. The van der Waals surface area contributed by atoms with Gasteiger partial charge in [-0.25, -0.2) is 85.9 Å². The van der Waals surface area contributed by atoms with Gasteiger partial charge in [0, 0.05) is 54.0 Å². The van der Waals surface area contributed by atoms with Crippen LogP contribution in [0.5, 0.6) is 0 Å². The lowest BCUT2D eigenvalue weighted by Crippen LogP contribution is -2.39. The molecule has 0 bridgehead atoms. The van der Waals surface area contributed by atoms with Crippen LogP contribution in [0.2, 0.25) is 0 Å². The van der Waals surface area contributed by atoms with Crippen molar-refractivity contribution in [3.63, 3.8) is 0 Å². The van der Waals surface area contributed by atoms with Crippen LogP contribution in [0.3, 0.4) is 0 Å². The molecule has 794 valence electrons. The number of phosphoric ester groups is 4. The molecule has 0 aromatic carbocycles. The molecular formula is C70H92F2N24O41P6S2. The number of nitrogens with zero attached hydrogens (tertiary/aromatic N) is 16. The van der Waals surface area contributed by atoms with Crippen molar-refractivity contribution in [3.05, 3.63) is 125 Å². The molecule has 75 heteroatoms. The first kappa shape index (κ1) is 107. The molecule has 65 nitrogen and oxygen atoms in total. The zero-order valence-electron chi connectivity index (χ0n) is 75.6. The number of phosphoric acid groups is 4. The molecule has 17 rings (SSSR count). The number of hydrogen-bond acceptors (Lipinski definition) is 51. The first-order chi connectivity index (χ1) is 68.7. The number of ether oxygens (including phenoxy) is 12. The third-order valence-electron chi connectivity index (χ3n) is 24.0. The molecule has 17 heterocycles. The third kappa shape index (κ3) is 22.4. The summed E-state index contributed by atoms with van der Waals surface area (Å²) in [6.45, 7) is -13.4. The summed E-state index contributed by atoms with van der Waals surface area (Å²) in [4.78, 5) is 185. The number of H-pyrrole nitrogens is 4. The van der Waals surface area contributed by atoms with Crippen LogP contribution in [0.15, 0.2) is 91.3 Å². The van der Waals surface area contributed by atoms with Crippen molar-refractivity contribution < 1.29 is 172 Å². The Kier molecular flexibility index (Phi) is 31.8. The molecule has 10 aromatic heterocycles. The molecule has 0 spiro atoms. The summed E-state index contributed by atoms with van der Waals surface area (Å²) in [5.41, 5.74) is 16.1. The fraction of sp³-hybridized carbons (Fsp3) is 0.600. The van der Waals surface area contributed by atoms with Gasteiger partial charge in [0.15, 0.2) is 89.3 Å². The summed E-state index contributed by atoms with van der Waals surface area (Å²) in [5.74, 6) is -0.668. The summed E-state index contributed by atoms with van der Waals surface area (Å²) >= 11 is 9.80. The normalized spacial score (nSPS) is 32.8. The zero-order chi connectivity index (χ0) is 104. The van der Waals surface area contributed by atoms with E-state index in [-0.39, 0.29) is 51.8 Å². The van der Waals surface area contributed by atoms with Crippen molar-refractivity contribution in [3.8, 4) is 0 Å². The summed E-state index contributed by atoms with van der Waals surface area (Å²) in [5, 5.41) is 11.3. The molecule has 13 unspecified atom stereocenters. The largest absolute Gasteiger partial charge is 0.472 e. The molecule has 0 saturated carbocycles. The number of halogens is 2. The van der Waals surface area contributed by atoms with Gasteiger partial charge in [0.05, 0.1) is 77.2 Å². The zero-order valence-corrected chi connectivity index (χ0v) is 82.7. The van der Waals surface area contributed by atoms with Gasteiger partial charge in [0.1, 0.15) is 145 Å². The number of aliphatic hydroxyl groups is 1. The van der Waals surface area contributed by atoms with E-state index in [9.17, 15) is 81.2 Å². The molecule has 0 amide bonds. The van der Waals surface area contributed by atoms with Crippen LogP contribution in [0, 0.1) is 0 Å². The monoisotopic (exact) mass is 2210 g/mol. The molecule has 7 aliphatic rings. The lowest BCUT2D eigenvalue weighted by Gasteiger charge is -2.29. The van der Waals surface area contributed by atoms with Crippen LogP contribution in [0.1, 0.15) is 57.6 Å². The standard InChI is InChI=1S/C70H92F2N24O41P6S2/c1-8-26-45(50(116-5)64(126-26)93-21-81-37-53(74)77-19-79-55(37)93)134-140(108,109)119-14-28-43(35(71)61(128-28)91-12-10-34(97)86-70(91)103)132-139(106,107)122-17-31-47(51(117-6)66(130-31)96-24-84-39-57(96)87-67(76)89-59(39)99)135-141(110,111)120-15-29-44(36(72)62(129-29)95-23-83-40-58(95)88-68(101)90-60(40)100)133-138(104,105)121-16-30-46(42(114-3)25(2)125-30)136-143(113,145)124-18-32-48(52(118-7)65(131-32)94-22-82-38-54(75)78-20-80-56(38)94)137-142(112,144)123-13-27-41(98)49(115-4)63(127-27)92-11-9-33(73)85-69(92)102/h9-12,19-32,35-36,41-52,61-66,98H,8,13-18H2,1-7H3,(H,104,105)(H,106,107)(H,108,109)(H,110,111)(H,112,144)(H,113,145)(H2,73,85,102)(H2,74,77,79)(H2,75,78,80)(H,86,97,103)(H3,76,87,89,99)(H2,88,90,100,101)/t25-,26+,27+,28+,29+,30+,31+,32+,35-,36-,41?,42+,43?,44?,45?,46?,47?,48?,49-,50-,51-,52-,61+,62+,63+,64+,65+,66+,142?,143?/m0/s1. The van der Waals surface area contributed by atoms with Gasteiger partial charge in [0.2, 0.25) is 5.95 Å². The number of hydrogen-bond donors (Lipinski definition) is 15. The maximum absolute atomic E-state index is 17.7. The van der Waals surface area contributed by atoms with Gasteiger partial charge in [-0.15, -0.1) is 0 Å². The number of aliphatic hydroxyl groups excluding tert-OH is 1. The van der Waals surface area contributed by atoms with E-state index in [1.165, 1.54) is 69.4 Å². The minimum Gasteiger partial charge on any atom is -0.387 e. The van der Waals surface area contributed by atoms with Crippen LogP contribution in [-0.2, 0) is 146 Å². The van der Waals surface area contributed by atoms with E-state index in [2.05, 4.69) is 72.1 Å². The van der Waals surface area contributed by atoms with Crippen molar-refractivity contribution in [2.45, 2.75) is 192 Å². The van der Waals surface area contributed by atoms with Crippen LogP contribution in [-0.4, -0.2) is 336 Å². The summed E-state index contributed by atoms with van der Waals surface area (Å²) in [6.07, 6.45) is -40.8. The number of nitrogen functional groups attached to an aromatic ring is 4. The Bertz CT molecular complexity index is 7140. The second kappa shape index (κ2) is 42.9. The lowest BCUT2D eigenvalue weighted by atomic mass is 10.1. The molecule has 7 aliphatic heterocycles. The molecule has 10 aromatic rings. The minimum atomic E-state index is -6.02. The number of aromatic amines is 4. The quantitative estimate of drug-likeness (QED) is 0.0147. The maximum Gasteiger partial charge on any atom is 0.472 e. The molecule has 0 aliphatic carbocycles. The highest BCUT2D eigenvalue weighted by atomic mass is 32.7. The molecule has 0 radical (unpaired) electrons. The van der Waals surface area contributed by atoms with E-state index in [4.69, 9.17) is 146 Å². The number of rotatable bonds is 42. The molecule has 7 saturated heterocycles. The fourth-order valence-corrected chi connectivity index (χ4v) is 24.2. The van der Waals surface area contributed by atoms with Gasteiger partial charge in [0.25, 0.3) is 16.7 Å². The number of nitrogens with two attached hydrogens (primary N) is 4. The molecule has 18 N–H and O–H groups in total. The summed E-state index contributed by atoms with van der Waals surface area (Å²) in [6, 6.07) is 2.06. The topological polar surface area (TPSA) is 856 Å². The number of imidazole rings is 4. The highest BCUT2D eigenvalue weighted by Crippen LogP contribution is 2.61. The van der Waals surface area contributed by atoms with E-state index in [0.717, 1.165) is 58.4 Å². The summed E-state index contributed by atoms with van der Waals surface area (Å²) in [7, 11) is -17.6. The van der Waals surface area contributed by atoms with Crippen LogP contribution in [0.25, 0.3) is 44.7 Å². The van der Waals surface area contributed by atoms with Gasteiger partial charge in [-0.05, 0) is 31.2 Å². The minimum absolute atomic E-state index is 0.00385. The Morgan fingerprint density at radius 3 is 1.34 bits per heavy atom. The average Bonchev–Trinajstić information content (AvgIpc) is 2.32. The average molecular weight is 2210 g/mol. The Labute approximate surface area is 817 Å². The van der Waals surface area contributed by atoms with Crippen LogP contribution < -0.4 is 56.7 Å². The first-order valence-electron chi connectivity index (χ1n) is 42.8. The van der Waals surface area contributed by atoms with E-state index in [1.807, 2.05) is 9.97 Å². The summed E-state index contributed by atoms with van der Waals surface area (Å²) < 4.78 is 253. The second-order valence-corrected chi connectivity index (χ2v) is 44.1. The van der Waals surface area contributed by atoms with Gasteiger partial charge in [-0.1, -0.05) is 19.2 Å². The molecule has 145 heavy (non-hydrogen) atoms. The van der Waals surface area contributed by atoms with Crippen molar-refractivity contribution in [1.82, 2.24) is 97.2 Å². The first-order valence-corrected chi connectivity index (χ1v) is 54.1. The number of methoxy groups -OCH3 is 5. The smallest absolute Gasteiger partial charge is 0.387 e. The van der Waals surface area contributed by atoms with Crippen molar-refractivity contribution >= 4 is 137 Å². The van der Waals surface area contributed by atoms with Gasteiger partial charge >= 0.3 is 61.9 Å². The van der Waals surface area contributed by atoms with Gasteiger partial charge < -0.3 is 114 Å². The Morgan fingerprint density at radius 1 is 0.428 bits per heavy atom. The fourth-order valence-electron chi connectivity index (χ4n) is 17.5. The lowest BCUT2D eigenvalue weighted by molar-refractivity contribution is -0.0648. The highest BCUT2D eigenvalue weighted by molar-refractivity contribution is 8.44. The van der Waals surface area contributed by atoms with E-state index >= 15 is 8.78 Å². The van der Waals surface area contributed by atoms with Gasteiger partial charge in [-0.3, -0.25) is 111 Å². The predicted octanol–water partition coefficient (Wildman–Crippen LogP) is -1.88. The number of aromatic nitrogens is 20. The number of thiol groups is 1. The molecule has 7 fully saturated rings. The van der Waals surface area contributed by atoms with Gasteiger partial charge in [-0.2, -0.15) is 9.97 Å².